The molecule has 104 valence electrons. The number of anilines is 1. The first-order valence-corrected chi connectivity index (χ1v) is 5.85. The summed E-state index contributed by atoms with van der Waals surface area (Å²) in [6, 6.07) is 3.77. The number of nitrogens with two attached hydrogens (primary N) is 1. The maximum atomic E-state index is 12.3. The Morgan fingerprint density at radius 1 is 1.47 bits per heavy atom. The second-order valence-electron chi connectivity index (χ2n) is 4.14. The standard InChI is InChI=1S/C13H18N2O4/c1-4-10(13(17)18)15(2)12(16)9-6-5-8(14)7-11(9)19-3/h5-7,10H,4,14H2,1-3H3,(H,17,18). The summed E-state index contributed by atoms with van der Waals surface area (Å²) in [5, 5.41) is 9.06. The fourth-order valence-corrected chi connectivity index (χ4v) is 1.83. The number of hydrogen-bond donors (Lipinski definition) is 2. The highest BCUT2D eigenvalue weighted by atomic mass is 16.5. The Bertz CT molecular complexity index is 488. The summed E-state index contributed by atoms with van der Waals surface area (Å²) in [5.74, 6) is -1.11. The summed E-state index contributed by atoms with van der Waals surface area (Å²) in [7, 11) is 2.89. The molecule has 1 aromatic carbocycles. The summed E-state index contributed by atoms with van der Waals surface area (Å²) in [4.78, 5) is 24.5. The van der Waals surface area contributed by atoms with E-state index in [9.17, 15) is 9.59 Å². The Labute approximate surface area is 111 Å². The van der Waals surface area contributed by atoms with Gasteiger partial charge in [0.1, 0.15) is 11.8 Å². The number of carboxylic acid groups (broad SMARTS) is 1. The molecule has 0 spiro atoms. The van der Waals surface area contributed by atoms with Crippen LogP contribution in [0.4, 0.5) is 5.69 Å². The number of hydrogen-bond acceptors (Lipinski definition) is 4. The normalized spacial score (nSPS) is 11.7. The molecule has 1 aromatic rings. The van der Waals surface area contributed by atoms with E-state index in [0.29, 0.717) is 23.4 Å². The van der Waals surface area contributed by atoms with Crippen molar-refractivity contribution in [1.82, 2.24) is 4.90 Å². The highest BCUT2D eigenvalue weighted by Gasteiger charge is 2.27. The van der Waals surface area contributed by atoms with E-state index in [-0.39, 0.29) is 0 Å². The van der Waals surface area contributed by atoms with Gasteiger partial charge in [-0.25, -0.2) is 4.79 Å². The van der Waals surface area contributed by atoms with Crippen LogP contribution >= 0.6 is 0 Å². The monoisotopic (exact) mass is 266 g/mol. The van der Waals surface area contributed by atoms with Gasteiger partial charge in [-0.05, 0) is 18.6 Å². The fraction of sp³-hybridized carbons (Fsp3) is 0.385. The molecule has 19 heavy (non-hydrogen) atoms. The predicted octanol–water partition coefficient (Wildman–Crippen LogP) is 1.21. The minimum absolute atomic E-state index is 0.291. The number of carbonyl (C=O) groups excluding carboxylic acids is 1. The largest absolute Gasteiger partial charge is 0.496 e. The Morgan fingerprint density at radius 2 is 2.11 bits per heavy atom. The van der Waals surface area contributed by atoms with Gasteiger partial charge in [-0.15, -0.1) is 0 Å². The maximum Gasteiger partial charge on any atom is 0.326 e. The second-order valence-corrected chi connectivity index (χ2v) is 4.14. The topological polar surface area (TPSA) is 92.9 Å². The molecule has 3 N–H and O–H groups in total. The van der Waals surface area contributed by atoms with E-state index in [1.54, 1.807) is 13.0 Å². The van der Waals surface area contributed by atoms with Gasteiger partial charge >= 0.3 is 5.97 Å². The molecule has 0 aliphatic rings. The quantitative estimate of drug-likeness (QED) is 0.781. The predicted molar refractivity (Wildman–Crippen MR) is 71.2 cm³/mol. The molecule has 6 nitrogen and oxygen atoms in total. The van der Waals surface area contributed by atoms with Crippen molar-refractivity contribution in [2.45, 2.75) is 19.4 Å². The number of aliphatic carboxylic acids is 1. The van der Waals surface area contributed by atoms with Crippen molar-refractivity contribution in [3.8, 4) is 5.75 Å². The molecule has 0 fully saturated rings. The van der Waals surface area contributed by atoms with E-state index in [1.165, 1.54) is 31.2 Å². The van der Waals surface area contributed by atoms with Crippen molar-refractivity contribution in [1.29, 1.82) is 0 Å². The third kappa shape index (κ3) is 3.15. The average molecular weight is 266 g/mol. The zero-order valence-corrected chi connectivity index (χ0v) is 11.2. The van der Waals surface area contributed by atoms with Crippen LogP contribution in [-0.2, 0) is 4.79 Å². The highest BCUT2D eigenvalue weighted by Crippen LogP contribution is 2.23. The van der Waals surface area contributed by atoms with Crippen molar-refractivity contribution in [2.24, 2.45) is 0 Å². The van der Waals surface area contributed by atoms with Crippen molar-refractivity contribution in [3.63, 3.8) is 0 Å². The molecule has 0 saturated carbocycles. The van der Waals surface area contributed by atoms with Crippen LogP contribution in [0.3, 0.4) is 0 Å². The minimum Gasteiger partial charge on any atom is -0.496 e. The summed E-state index contributed by atoms with van der Waals surface area (Å²) in [5.41, 5.74) is 6.38. The Morgan fingerprint density at radius 3 is 2.58 bits per heavy atom. The first-order chi connectivity index (χ1) is 8.92. The number of ether oxygens (including phenoxy) is 1. The van der Waals surface area contributed by atoms with Gasteiger partial charge in [-0.2, -0.15) is 0 Å². The Hall–Kier alpha value is -2.24. The first kappa shape index (κ1) is 14.8. The molecule has 1 amide bonds. The van der Waals surface area contributed by atoms with Gasteiger partial charge in [0.2, 0.25) is 0 Å². The molecule has 0 heterocycles. The first-order valence-electron chi connectivity index (χ1n) is 5.85. The van der Waals surface area contributed by atoms with Gasteiger partial charge in [0.15, 0.2) is 0 Å². The third-order valence-corrected chi connectivity index (χ3v) is 2.92. The molecule has 0 saturated heterocycles. The molecule has 0 bridgehead atoms. The van der Waals surface area contributed by atoms with Gasteiger partial charge in [0.05, 0.1) is 12.7 Å². The molecule has 1 rings (SSSR count). The number of likely N-dealkylation sites (N-methyl/N-ethyl adjacent to an activating group) is 1. The zero-order chi connectivity index (χ0) is 14.6. The summed E-state index contributed by atoms with van der Waals surface area (Å²) in [6.07, 6.45) is 0.328. The summed E-state index contributed by atoms with van der Waals surface area (Å²) >= 11 is 0. The minimum atomic E-state index is -1.03. The van der Waals surface area contributed by atoms with Crippen LogP contribution in [0, 0.1) is 0 Å². The number of rotatable bonds is 5. The van der Waals surface area contributed by atoms with Crippen LogP contribution in [0.2, 0.25) is 0 Å². The molecule has 0 aromatic heterocycles. The van der Waals surface area contributed by atoms with Crippen molar-refractivity contribution in [2.75, 3.05) is 19.9 Å². The van der Waals surface area contributed by atoms with Crippen LogP contribution in [0.5, 0.6) is 5.75 Å². The summed E-state index contributed by atoms with van der Waals surface area (Å²) < 4.78 is 5.10. The SMILES string of the molecule is CCC(C(=O)O)N(C)C(=O)c1ccc(N)cc1OC. The lowest BCUT2D eigenvalue weighted by molar-refractivity contribution is -0.142. The van der Waals surface area contributed by atoms with E-state index in [1.807, 2.05) is 0 Å². The molecule has 0 radical (unpaired) electrons. The number of carbonyl (C=O) groups is 2. The molecule has 6 heteroatoms. The fourth-order valence-electron chi connectivity index (χ4n) is 1.83. The molecule has 1 unspecified atom stereocenters. The van der Waals surface area contributed by atoms with E-state index >= 15 is 0 Å². The third-order valence-electron chi connectivity index (χ3n) is 2.92. The lowest BCUT2D eigenvalue weighted by Crippen LogP contribution is -2.42. The molecular formula is C13H18N2O4. The second kappa shape index (κ2) is 6.08. The molecule has 0 aliphatic carbocycles. The van der Waals surface area contributed by atoms with E-state index in [4.69, 9.17) is 15.6 Å². The zero-order valence-electron chi connectivity index (χ0n) is 11.2. The van der Waals surface area contributed by atoms with Crippen molar-refractivity contribution < 1.29 is 19.4 Å². The molecule has 1 atom stereocenters. The molecule has 0 aliphatic heterocycles. The lowest BCUT2D eigenvalue weighted by Gasteiger charge is -2.24. The number of amides is 1. The number of carboxylic acids is 1. The number of methoxy groups -OCH3 is 1. The average Bonchev–Trinajstić information content (AvgIpc) is 2.37. The van der Waals surface area contributed by atoms with E-state index in [2.05, 4.69) is 0 Å². The van der Waals surface area contributed by atoms with Gasteiger partial charge in [0, 0.05) is 18.8 Å². The Kier molecular flexibility index (Phi) is 4.74. The van der Waals surface area contributed by atoms with Crippen LogP contribution in [0.25, 0.3) is 0 Å². The number of nitrogens with zero attached hydrogens (tertiary/aromatic N) is 1. The van der Waals surface area contributed by atoms with Crippen LogP contribution in [0.15, 0.2) is 18.2 Å². The van der Waals surface area contributed by atoms with Crippen LogP contribution in [-0.4, -0.2) is 42.1 Å². The van der Waals surface area contributed by atoms with Gasteiger partial charge in [-0.3, -0.25) is 4.79 Å². The van der Waals surface area contributed by atoms with E-state index in [0.717, 1.165) is 0 Å². The van der Waals surface area contributed by atoms with Crippen molar-refractivity contribution in [3.05, 3.63) is 23.8 Å². The maximum absolute atomic E-state index is 12.3. The van der Waals surface area contributed by atoms with Gasteiger partial charge in [-0.1, -0.05) is 6.92 Å². The number of nitrogen functional groups attached to an aromatic ring is 1. The van der Waals surface area contributed by atoms with Gasteiger partial charge in [0.25, 0.3) is 5.91 Å². The van der Waals surface area contributed by atoms with Gasteiger partial charge < -0.3 is 20.5 Å². The molecular weight excluding hydrogens is 248 g/mol. The van der Waals surface area contributed by atoms with Crippen molar-refractivity contribution >= 4 is 17.6 Å². The Balaban J connectivity index is 3.09. The van der Waals surface area contributed by atoms with Crippen LogP contribution in [0.1, 0.15) is 23.7 Å². The highest BCUT2D eigenvalue weighted by molar-refractivity contribution is 5.99. The smallest absolute Gasteiger partial charge is 0.326 e. The summed E-state index contributed by atoms with van der Waals surface area (Å²) in [6.45, 7) is 1.71. The van der Waals surface area contributed by atoms with Crippen LogP contribution < -0.4 is 10.5 Å². The lowest BCUT2D eigenvalue weighted by atomic mass is 10.1. The van der Waals surface area contributed by atoms with E-state index < -0.39 is 17.9 Å². The number of benzene rings is 1.